The molecule has 20 heavy (non-hydrogen) atoms. The van der Waals surface area contributed by atoms with E-state index >= 15 is 0 Å². The van der Waals surface area contributed by atoms with E-state index in [0.29, 0.717) is 22.4 Å². The van der Waals surface area contributed by atoms with Gasteiger partial charge in [-0.05, 0) is 24.1 Å². The number of fused-ring (bicyclic) bond motifs is 1. The van der Waals surface area contributed by atoms with Crippen LogP contribution in [0.25, 0.3) is 0 Å². The minimum Gasteiger partial charge on any atom is -0.376 e. The Hall–Kier alpha value is -1.22. The molecule has 0 bridgehead atoms. The van der Waals surface area contributed by atoms with E-state index in [-0.39, 0.29) is 17.3 Å². The maximum absolute atomic E-state index is 12.3. The van der Waals surface area contributed by atoms with Crippen LogP contribution in [0.1, 0.15) is 28.4 Å². The topological polar surface area (TPSA) is 60.4 Å². The molecule has 0 N–H and O–H groups in total. The van der Waals surface area contributed by atoms with Crippen LogP contribution in [0.5, 0.6) is 5.75 Å². The number of rotatable bonds is 3. The highest BCUT2D eigenvalue weighted by Gasteiger charge is 2.49. The molecule has 0 fully saturated rings. The van der Waals surface area contributed by atoms with Gasteiger partial charge in [-0.3, -0.25) is 4.79 Å². The zero-order chi connectivity index (χ0) is 15.1. The van der Waals surface area contributed by atoms with Crippen LogP contribution < -0.4 is 4.18 Å². The molecular formula is C11H9F3O4S2. The SMILES string of the molecule is CCc1c(OS(=O)(=O)C(F)(F)F)ccc2c1CSC2=O. The number of halogens is 3. The van der Waals surface area contributed by atoms with Gasteiger partial charge in [-0.25, -0.2) is 0 Å². The summed E-state index contributed by atoms with van der Waals surface area (Å²) in [7, 11) is -5.71. The minimum absolute atomic E-state index is 0.181. The summed E-state index contributed by atoms with van der Waals surface area (Å²) in [6.07, 6.45) is 0.264. The van der Waals surface area contributed by atoms with Crippen LogP contribution in [0.2, 0.25) is 0 Å². The molecule has 0 saturated heterocycles. The van der Waals surface area contributed by atoms with Crippen molar-refractivity contribution in [3.05, 3.63) is 28.8 Å². The first-order valence-electron chi connectivity index (χ1n) is 5.50. The van der Waals surface area contributed by atoms with Gasteiger partial charge >= 0.3 is 15.6 Å². The van der Waals surface area contributed by atoms with Gasteiger partial charge in [0.25, 0.3) is 0 Å². The van der Waals surface area contributed by atoms with E-state index < -0.39 is 15.6 Å². The van der Waals surface area contributed by atoms with Crippen molar-refractivity contribution in [3.63, 3.8) is 0 Å². The van der Waals surface area contributed by atoms with Gasteiger partial charge in [-0.2, -0.15) is 21.6 Å². The number of hydrogen-bond acceptors (Lipinski definition) is 5. The average Bonchev–Trinajstić information content (AvgIpc) is 2.69. The molecule has 0 amide bonds. The van der Waals surface area contributed by atoms with E-state index in [4.69, 9.17) is 0 Å². The Labute approximate surface area is 117 Å². The molecule has 4 nitrogen and oxygen atoms in total. The van der Waals surface area contributed by atoms with Gasteiger partial charge in [-0.15, -0.1) is 0 Å². The molecule has 0 radical (unpaired) electrons. The predicted octanol–water partition coefficient (Wildman–Crippen LogP) is 2.86. The number of carbonyl (C=O) groups is 1. The zero-order valence-electron chi connectivity index (χ0n) is 10.2. The van der Waals surface area contributed by atoms with Crippen LogP contribution in [0, 0.1) is 0 Å². The summed E-state index contributed by atoms with van der Waals surface area (Å²) < 4.78 is 63.2. The van der Waals surface area contributed by atoms with Crippen molar-refractivity contribution in [1.82, 2.24) is 0 Å². The van der Waals surface area contributed by atoms with Gasteiger partial charge in [0.2, 0.25) is 5.12 Å². The van der Waals surface area contributed by atoms with Gasteiger partial charge in [0.1, 0.15) is 5.75 Å². The molecule has 1 aromatic carbocycles. The summed E-state index contributed by atoms with van der Waals surface area (Å²) in [6.45, 7) is 1.65. The van der Waals surface area contributed by atoms with Gasteiger partial charge in [0.15, 0.2) is 0 Å². The normalized spacial score (nSPS) is 15.3. The molecule has 110 valence electrons. The monoisotopic (exact) mass is 326 g/mol. The van der Waals surface area contributed by atoms with E-state index in [1.54, 1.807) is 6.92 Å². The highest BCUT2D eigenvalue weighted by atomic mass is 32.2. The molecule has 0 unspecified atom stereocenters. The smallest absolute Gasteiger partial charge is 0.376 e. The summed E-state index contributed by atoms with van der Waals surface area (Å²) in [5.74, 6) is -0.0699. The molecule has 0 atom stereocenters. The highest BCUT2D eigenvalue weighted by molar-refractivity contribution is 8.13. The number of benzene rings is 1. The maximum atomic E-state index is 12.3. The van der Waals surface area contributed by atoms with Crippen LogP contribution in [-0.2, 0) is 22.3 Å². The lowest BCUT2D eigenvalue weighted by atomic mass is 10.0. The Kier molecular flexibility index (Phi) is 3.76. The summed E-state index contributed by atoms with van der Waals surface area (Å²) in [4.78, 5) is 11.5. The fraction of sp³-hybridized carbons (Fsp3) is 0.364. The largest absolute Gasteiger partial charge is 0.534 e. The van der Waals surface area contributed by atoms with Crippen molar-refractivity contribution in [2.45, 2.75) is 24.6 Å². The Morgan fingerprint density at radius 3 is 2.55 bits per heavy atom. The molecular weight excluding hydrogens is 317 g/mol. The second-order valence-corrected chi connectivity index (χ2v) is 6.47. The average molecular weight is 326 g/mol. The first-order valence-corrected chi connectivity index (χ1v) is 7.89. The maximum Gasteiger partial charge on any atom is 0.534 e. The molecule has 0 saturated carbocycles. The third-order valence-corrected chi connectivity index (χ3v) is 4.67. The summed E-state index contributed by atoms with van der Waals surface area (Å²) >= 11 is 1.02. The first kappa shape index (κ1) is 15.2. The Bertz CT molecular complexity index is 665. The van der Waals surface area contributed by atoms with Gasteiger partial charge < -0.3 is 4.18 Å². The van der Waals surface area contributed by atoms with Gasteiger partial charge in [0, 0.05) is 16.9 Å². The summed E-state index contributed by atoms with van der Waals surface area (Å²) in [5.41, 5.74) is -4.24. The second kappa shape index (κ2) is 4.96. The van der Waals surface area contributed by atoms with Crippen molar-refractivity contribution < 1.29 is 30.6 Å². The van der Waals surface area contributed by atoms with Crippen molar-refractivity contribution in [3.8, 4) is 5.75 Å². The highest BCUT2D eigenvalue weighted by Crippen LogP contribution is 2.38. The lowest BCUT2D eigenvalue weighted by molar-refractivity contribution is -0.0500. The number of carbonyl (C=O) groups excluding carboxylic acids is 1. The van der Waals surface area contributed by atoms with Crippen LogP contribution in [-0.4, -0.2) is 19.0 Å². The number of hydrogen-bond donors (Lipinski definition) is 0. The third-order valence-electron chi connectivity index (χ3n) is 2.79. The van der Waals surface area contributed by atoms with Crippen molar-refractivity contribution >= 4 is 27.0 Å². The molecule has 2 rings (SSSR count). The van der Waals surface area contributed by atoms with E-state index in [1.807, 2.05) is 0 Å². The van der Waals surface area contributed by atoms with Gasteiger partial charge in [-0.1, -0.05) is 18.7 Å². The molecule has 9 heteroatoms. The first-order chi connectivity index (χ1) is 9.17. The van der Waals surface area contributed by atoms with Crippen molar-refractivity contribution in [1.29, 1.82) is 0 Å². The molecule has 1 heterocycles. The predicted molar refractivity (Wildman–Crippen MR) is 67.0 cm³/mol. The van der Waals surface area contributed by atoms with Crippen LogP contribution in [0.15, 0.2) is 12.1 Å². The van der Waals surface area contributed by atoms with Gasteiger partial charge in [0.05, 0.1) is 0 Å². The van der Waals surface area contributed by atoms with Crippen LogP contribution in [0.4, 0.5) is 13.2 Å². The number of alkyl halides is 3. The Morgan fingerprint density at radius 2 is 2.00 bits per heavy atom. The molecule has 1 aliphatic heterocycles. The van der Waals surface area contributed by atoms with E-state index in [2.05, 4.69) is 4.18 Å². The standard InChI is InChI=1S/C11H9F3O4S2/c1-2-6-8-5-19-10(15)7(8)3-4-9(6)18-20(16,17)11(12,13)14/h3-4H,2,5H2,1H3. The molecule has 1 aromatic rings. The van der Waals surface area contributed by atoms with E-state index in [0.717, 1.165) is 17.8 Å². The zero-order valence-corrected chi connectivity index (χ0v) is 11.8. The lowest BCUT2D eigenvalue weighted by Crippen LogP contribution is -2.28. The van der Waals surface area contributed by atoms with E-state index in [9.17, 15) is 26.4 Å². The fourth-order valence-electron chi connectivity index (χ4n) is 1.87. The quantitative estimate of drug-likeness (QED) is 0.631. The molecule has 0 aliphatic carbocycles. The molecule has 1 aliphatic rings. The van der Waals surface area contributed by atoms with Crippen LogP contribution in [0.3, 0.4) is 0 Å². The second-order valence-electron chi connectivity index (χ2n) is 3.98. The lowest BCUT2D eigenvalue weighted by Gasteiger charge is -2.14. The Morgan fingerprint density at radius 1 is 1.35 bits per heavy atom. The van der Waals surface area contributed by atoms with Crippen molar-refractivity contribution in [2.75, 3.05) is 0 Å². The van der Waals surface area contributed by atoms with E-state index in [1.165, 1.54) is 6.07 Å². The molecule has 0 spiro atoms. The summed E-state index contributed by atoms with van der Waals surface area (Å²) in [5, 5.41) is -0.181. The van der Waals surface area contributed by atoms with Crippen molar-refractivity contribution in [2.24, 2.45) is 0 Å². The minimum atomic E-state index is -5.71. The summed E-state index contributed by atoms with van der Waals surface area (Å²) in [6, 6.07) is 2.38. The number of thioether (sulfide) groups is 1. The third kappa shape index (κ3) is 2.51. The Balaban J connectivity index is 2.48. The van der Waals surface area contributed by atoms with Crippen LogP contribution >= 0.6 is 11.8 Å². The fourth-order valence-corrected chi connectivity index (χ4v) is 3.31. The molecule has 0 aromatic heterocycles.